The molecule has 1 atom stereocenters. The molecule has 1 unspecified atom stereocenters. The number of hydrogen-bond donors (Lipinski definition) is 1. The number of carbonyl (C=O) groups is 1. The van der Waals surface area contributed by atoms with Gasteiger partial charge in [0, 0.05) is 13.1 Å². The summed E-state index contributed by atoms with van der Waals surface area (Å²) < 4.78 is 10.8. The van der Waals surface area contributed by atoms with Gasteiger partial charge in [0.05, 0.1) is 18.4 Å². The SMILES string of the molecule is CCC(c1ccco1)N1CCC(OCC(=O)O)CC1. The van der Waals surface area contributed by atoms with Gasteiger partial charge in [0.1, 0.15) is 12.4 Å². The molecule has 1 aliphatic rings. The number of rotatable bonds is 6. The van der Waals surface area contributed by atoms with Crippen molar-refractivity contribution in [3.8, 4) is 0 Å². The van der Waals surface area contributed by atoms with Crippen molar-refractivity contribution in [2.24, 2.45) is 0 Å². The Labute approximate surface area is 113 Å². The van der Waals surface area contributed by atoms with E-state index in [-0.39, 0.29) is 12.7 Å². The molecule has 1 N–H and O–H groups in total. The second-order valence-electron chi connectivity index (χ2n) is 4.88. The Bertz CT molecular complexity index is 382. The Morgan fingerprint density at radius 1 is 1.58 bits per heavy atom. The molecule has 2 rings (SSSR count). The molecule has 19 heavy (non-hydrogen) atoms. The molecule has 0 aliphatic carbocycles. The fourth-order valence-corrected chi connectivity index (χ4v) is 2.66. The average molecular weight is 267 g/mol. The van der Waals surface area contributed by atoms with Gasteiger partial charge in [0.2, 0.25) is 0 Å². The highest BCUT2D eigenvalue weighted by atomic mass is 16.5. The molecule has 2 heterocycles. The molecule has 1 saturated heterocycles. The van der Waals surface area contributed by atoms with Gasteiger partial charge in [-0.15, -0.1) is 0 Å². The lowest BCUT2D eigenvalue weighted by atomic mass is 10.0. The maximum Gasteiger partial charge on any atom is 0.329 e. The summed E-state index contributed by atoms with van der Waals surface area (Å²) in [4.78, 5) is 12.9. The van der Waals surface area contributed by atoms with E-state index in [1.165, 1.54) is 0 Å². The summed E-state index contributed by atoms with van der Waals surface area (Å²) >= 11 is 0. The lowest BCUT2D eigenvalue weighted by Crippen LogP contribution is -2.39. The van der Waals surface area contributed by atoms with Crippen molar-refractivity contribution in [2.45, 2.75) is 38.3 Å². The molecular formula is C14H21NO4. The summed E-state index contributed by atoms with van der Waals surface area (Å²) in [5, 5.41) is 8.60. The van der Waals surface area contributed by atoms with E-state index in [1.807, 2.05) is 12.1 Å². The monoisotopic (exact) mass is 267 g/mol. The molecule has 0 radical (unpaired) electrons. The van der Waals surface area contributed by atoms with Crippen LogP contribution in [0.3, 0.4) is 0 Å². The number of aliphatic carboxylic acids is 1. The molecule has 5 nitrogen and oxygen atoms in total. The van der Waals surface area contributed by atoms with Gasteiger partial charge in [-0.3, -0.25) is 4.90 Å². The summed E-state index contributed by atoms with van der Waals surface area (Å²) in [6.45, 7) is 3.80. The minimum absolute atomic E-state index is 0.0708. The third-order valence-corrected chi connectivity index (χ3v) is 3.62. The molecule has 1 aliphatic heterocycles. The van der Waals surface area contributed by atoms with Gasteiger partial charge in [0.25, 0.3) is 0 Å². The van der Waals surface area contributed by atoms with Crippen LogP contribution in [0.5, 0.6) is 0 Å². The Morgan fingerprint density at radius 3 is 2.84 bits per heavy atom. The lowest BCUT2D eigenvalue weighted by Gasteiger charge is -2.36. The van der Waals surface area contributed by atoms with Gasteiger partial charge in [-0.1, -0.05) is 6.92 Å². The second kappa shape index (κ2) is 6.73. The maximum absolute atomic E-state index is 10.5. The van der Waals surface area contributed by atoms with Crippen LogP contribution in [-0.2, 0) is 9.53 Å². The van der Waals surface area contributed by atoms with Crippen molar-refractivity contribution >= 4 is 5.97 Å². The minimum atomic E-state index is -0.899. The van der Waals surface area contributed by atoms with Crippen molar-refractivity contribution in [3.63, 3.8) is 0 Å². The minimum Gasteiger partial charge on any atom is -0.480 e. The topological polar surface area (TPSA) is 62.9 Å². The number of carboxylic acids is 1. The first-order valence-electron chi connectivity index (χ1n) is 6.81. The van der Waals surface area contributed by atoms with Gasteiger partial charge in [-0.25, -0.2) is 4.79 Å². The highest BCUT2D eigenvalue weighted by molar-refractivity contribution is 5.68. The van der Waals surface area contributed by atoms with E-state index in [1.54, 1.807) is 6.26 Å². The van der Waals surface area contributed by atoms with Crippen LogP contribution >= 0.6 is 0 Å². The Hall–Kier alpha value is -1.33. The van der Waals surface area contributed by atoms with Crippen LogP contribution in [0.25, 0.3) is 0 Å². The molecule has 0 saturated carbocycles. The van der Waals surface area contributed by atoms with E-state index in [4.69, 9.17) is 14.3 Å². The van der Waals surface area contributed by atoms with Crippen molar-refractivity contribution in [2.75, 3.05) is 19.7 Å². The van der Waals surface area contributed by atoms with E-state index < -0.39 is 5.97 Å². The smallest absolute Gasteiger partial charge is 0.329 e. The molecule has 0 aromatic carbocycles. The number of likely N-dealkylation sites (tertiary alicyclic amines) is 1. The molecule has 0 spiro atoms. The van der Waals surface area contributed by atoms with E-state index in [0.717, 1.165) is 38.1 Å². The van der Waals surface area contributed by atoms with Gasteiger partial charge in [0.15, 0.2) is 0 Å². The second-order valence-corrected chi connectivity index (χ2v) is 4.88. The first-order chi connectivity index (χ1) is 9.20. The first kappa shape index (κ1) is 14.1. The summed E-state index contributed by atoms with van der Waals surface area (Å²) in [5.74, 6) is 0.108. The van der Waals surface area contributed by atoms with Crippen molar-refractivity contribution in [3.05, 3.63) is 24.2 Å². The third kappa shape index (κ3) is 3.81. The molecule has 106 valence electrons. The van der Waals surface area contributed by atoms with E-state index in [9.17, 15) is 4.79 Å². The van der Waals surface area contributed by atoms with Gasteiger partial charge >= 0.3 is 5.97 Å². The Morgan fingerprint density at radius 2 is 2.32 bits per heavy atom. The van der Waals surface area contributed by atoms with Crippen molar-refractivity contribution in [1.29, 1.82) is 0 Å². The summed E-state index contributed by atoms with van der Waals surface area (Å²) in [5.41, 5.74) is 0. The standard InChI is InChI=1S/C14H21NO4/c1-2-12(13-4-3-9-18-13)15-7-5-11(6-8-15)19-10-14(16)17/h3-4,9,11-12H,2,5-8,10H2,1H3,(H,16,17). The first-order valence-corrected chi connectivity index (χ1v) is 6.81. The van der Waals surface area contributed by atoms with Gasteiger partial charge in [-0.05, 0) is 31.4 Å². The van der Waals surface area contributed by atoms with Crippen LogP contribution in [0.4, 0.5) is 0 Å². The Kier molecular flexibility index (Phi) is 4.99. The van der Waals surface area contributed by atoms with Crippen LogP contribution in [-0.4, -0.2) is 41.8 Å². The zero-order valence-electron chi connectivity index (χ0n) is 11.2. The third-order valence-electron chi connectivity index (χ3n) is 3.62. The molecule has 1 fully saturated rings. The maximum atomic E-state index is 10.5. The summed E-state index contributed by atoms with van der Waals surface area (Å²) in [6, 6.07) is 4.25. The van der Waals surface area contributed by atoms with Crippen molar-refractivity contribution < 1.29 is 19.1 Å². The van der Waals surface area contributed by atoms with Crippen LogP contribution in [0, 0.1) is 0 Å². The van der Waals surface area contributed by atoms with Crippen LogP contribution in [0.15, 0.2) is 22.8 Å². The molecule has 5 heteroatoms. The predicted molar refractivity (Wildman–Crippen MR) is 69.9 cm³/mol. The van der Waals surface area contributed by atoms with Crippen LogP contribution < -0.4 is 0 Å². The van der Waals surface area contributed by atoms with Crippen LogP contribution in [0.1, 0.15) is 38.0 Å². The highest BCUT2D eigenvalue weighted by Gasteiger charge is 2.27. The fraction of sp³-hybridized carbons (Fsp3) is 0.643. The summed E-state index contributed by atoms with van der Waals surface area (Å²) in [6.07, 6.45) is 4.55. The number of hydrogen-bond acceptors (Lipinski definition) is 4. The largest absolute Gasteiger partial charge is 0.480 e. The number of carboxylic acid groups (broad SMARTS) is 1. The van der Waals surface area contributed by atoms with Crippen LogP contribution in [0.2, 0.25) is 0 Å². The average Bonchev–Trinajstić information content (AvgIpc) is 2.92. The zero-order valence-corrected chi connectivity index (χ0v) is 11.2. The molecule has 1 aromatic rings. The molecule has 0 amide bonds. The predicted octanol–water partition coefficient (Wildman–Crippen LogP) is 2.30. The van der Waals surface area contributed by atoms with Gasteiger partial charge < -0.3 is 14.3 Å². The number of ether oxygens (including phenoxy) is 1. The van der Waals surface area contributed by atoms with Crippen molar-refractivity contribution in [1.82, 2.24) is 4.90 Å². The lowest BCUT2D eigenvalue weighted by molar-refractivity contribution is -0.145. The number of nitrogens with zero attached hydrogens (tertiary/aromatic N) is 1. The van der Waals surface area contributed by atoms with E-state index >= 15 is 0 Å². The van der Waals surface area contributed by atoms with E-state index in [2.05, 4.69) is 11.8 Å². The van der Waals surface area contributed by atoms with E-state index in [0.29, 0.717) is 6.04 Å². The normalized spacial score (nSPS) is 19.4. The zero-order chi connectivity index (χ0) is 13.7. The molecule has 0 bridgehead atoms. The Balaban J connectivity index is 1.83. The number of furan rings is 1. The molecule has 1 aromatic heterocycles. The fourth-order valence-electron chi connectivity index (χ4n) is 2.66. The number of piperidine rings is 1. The van der Waals surface area contributed by atoms with Gasteiger partial charge in [-0.2, -0.15) is 0 Å². The molecular weight excluding hydrogens is 246 g/mol. The summed E-state index contributed by atoms with van der Waals surface area (Å²) in [7, 11) is 0. The highest BCUT2D eigenvalue weighted by Crippen LogP contribution is 2.28. The quantitative estimate of drug-likeness (QED) is 0.856.